The quantitative estimate of drug-likeness (QED) is 0.877. The number of hydrogen-bond donors (Lipinski definition) is 1. The van der Waals surface area contributed by atoms with Crippen molar-refractivity contribution in [1.82, 2.24) is 9.88 Å². The van der Waals surface area contributed by atoms with Gasteiger partial charge >= 0.3 is 5.76 Å². The van der Waals surface area contributed by atoms with Crippen molar-refractivity contribution < 1.29 is 9.21 Å². The number of fused-ring (bicyclic) bond motifs is 1. The summed E-state index contributed by atoms with van der Waals surface area (Å²) in [6.45, 7) is -0.0604. The van der Waals surface area contributed by atoms with Crippen molar-refractivity contribution in [2.75, 3.05) is 0 Å². The van der Waals surface area contributed by atoms with Gasteiger partial charge in [-0.3, -0.25) is 9.36 Å². The molecule has 1 aromatic heterocycles. The lowest BCUT2D eigenvalue weighted by Gasteiger charge is -2.22. The fraction of sp³-hybridized carbons (Fsp3) is 0.467. The lowest BCUT2D eigenvalue weighted by atomic mass is 9.95. The van der Waals surface area contributed by atoms with Gasteiger partial charge in [0.1, 0.15) is 6.54 Å². The van der Waals surface area contributed by atoms with Gasteiger partial charge in [0.05, 0.1) is 10.5 Å². The summed E-state index contributed by atoms with van der Waals surface area (Å²) >= 11 is 9.39. The molecule has 0 saturated heterocycles. The fourth-order valence-corrected chi connectivity index (χ4v) is 3.73. The number of halogens is 2. The number of benzene rings is 1. The van der Waals surface area contributed by atoms with Crippen LogP contribution in [0.3, 0.4) is 0 Å². The number of carbonyl (C=O) groups excluding carboxylic acids is 1. The Morgan fingerprint density at radius 1 is 1.36 bits per heavy atom. The molecule has 5 nitrogen and oxygen atoms in total. The van der Waals surface area contributed by atoms with E-state index in [0.717, 1.165) is 30.2 Å². The van der Waals surface area contributed by atoms with Crippen LogP contribution in [0.25, 0.3) is 11.1 Å². The maximum atomic E-state index is 12.2. The Hall–Kier alpha value is -1.27. The molecular weight excluding hydrogens is 372 g/mol. The van der Waals surface area contributed by atoms with E-state index in [1.807, 2.05) is 0 Å². The van der Waals surface area contributed by atoms with Gasteiger partial charge in [0, 0.05) is 10.5 Å². The topological polar surface area (TPSA) is 64.2 Å². The van der Waals surface area contributed by atoms with Crippen LogP contribution in [0, 0.1) is 0 Å². The summed E-state index contributed by atoms with van der Waals surface area (Å²) in [4.78, 5) is 24.2. The van der Waals surface area contributed by atoms with E-state index >= 15 is 0 Å². The molecule has 0 aliphatic heterocycles. The summed E-state index contributed by atoms with van der Waals surface area (Å²) in [5, 5.41) is 3.33. The van der Waals surface area contributed by atoms with E-state index in [1.165, 1.54) is 11.0 Å². The summed E-state index contributed by atoms with van der Waals surface area (Å²) in [7, 11) is 0. The smallest absolute Gasteiger partial charge is 0.406 e. The largest absolute Gasteiger partial charge is 0.420 e. The van der Waals surface area contributed by atoms with E-state index in [0.29, 0.717) is 16.1 Å². The van der Waals surface area contributed by atoms with Gasteiger partial charge in [-0.15, -0.1) is 0 Å². The Morgan fingerprint density at radius 3 is 2.82 bits per heavy atom. The third-order valence-electron chi connectivity index (χ3n) is 3.96. The van der Waals surface area contributed by atoms with Crippen LogP contribution in [0.2, 0.25) is 5.02 Å². The predicted octanol–water partition coefficient (Wildman–Crippen LogP) is 3.46. The molecule has 3 rings (SSSR count). The van der Waals surface area contributed by atoms with Crippen molar-refractivity contribution in [2.45, 2.75) is 44.7 Å². The molecule has 2 aromatic rings. The lowest BCUT2D eigenvalue weighted by molar-refractivity contribution is -0.122. The second kappa shape index (κ2) is 6.46. The fourth-order valence-electron chi connectivity index (χ4n) is 2.90. The summed E-state index contributed by atoms with van der Waals surface area (Å²) in [6, 6.07) is 3.59. The highest BCUT2D eigenvalue weighted by atomic mass is 79.9. The maximum absolute atomic E-state index is 12.2. The van der Waals surface area contributed by atoms with Crippen molar-refractivity contribution in [2.24, 2.45) is 0 Å². The number of rotatable bonds is 3. The van der Waals surface area contributed by atoms with Gasteiger partial charge in [-0.2, -0.15) is 0 Å². The monoisotopic (exact) mass is 386 g/mol. The third kappa shape index (κ3) is 3.22. The summed E-state index contributed by atoms with van der Waals surface area (Å²) in [5.74, 6) is -0.749. The van der Waals surface area contributed by atoms with Gasteiger partial charge in [0.15, 0.2) is 5.58 Å². The Bertz CT molecular complexity index is 762. The van der Waals surface area contributed by atoms with Crippen molar-refractivity contribution in [3.05, 3.63) is 32.2 Å². The highest BCUT2D eigenvalue weighted by Gasteiger charge is 2.19. The SMILES string of the molecule is O=C(Cn1c(=O)oc2c(Cl)cc(Br)cc21)NC1CCCCC1. The molecule has 0 atom stereocenters. The van der Waals surface area contributed by atoms with Crippen LogP contribution < -0.4 is 11.1 Å². The molecule has 1 saturated carbocycles. The molecule has 1 aliphatic rings. The average Bonchev–Trinajstić information content (AvgIpc) is 2.77. The van der Waals surface area contributed by atoms with Crippen LogP contribution in [-0.2, 0) is 11.3 Å². The normalized spacial score (nSPS) is 16.1. The zero-order valence-electron chi connectivity index (χ0n) is 11.9. The first-order valence-corrected chi connectivity index (χ1v) is 8.49. The first-order valence-electron chi connectivity index (χ1n) is 7.32. The van der Waals surface area contributed by atoms with Crippen LogP contribution in [0.1, 0.15) is 32.1 Å². The van der Waals surface area contributed by atoms with Crippen molar-refractivity contribution >= 4 is 44.5 Å². The second-order valence-corrected chi connectivity index (χ2v) is 6.92. The molecule has 1 heterocycles. The Morgan fingerprint density at radius 2 is 2.09 bits per heavy atom. The molecule has 118 valence electrons. The number of hydrogen-bond acceptors (Lipinski definition) is 3. The Kier molecular flexibility index (Phi) is 4.59. The van der Waals surface area contributed by atoms with E-state index in [9.17, 15) is 9.59 Å². The molecule has 1 aliphatic carbocycles. The van der Waals surface area contributed by atoms with Crippen LogP contribution in [0.15, 0.2) is 25.8 Å². The summed E-state index contributed by atoms with van der Waals surface area (Å²) in [5.41, 5.74) is 0.823. The Balaban J connectivity index is 1.82. The second-order valence-electron chi connectivity index (χ2n) is 5.59. The molecule has 22 heavy (non-hydrogen) atoms. The highest BCUT2D eigenvalue weighted by Crippen LogP contribution is 2.27. The number of carbonyl (C=O) groups is 1. The summed E-state index contributed by atoms with van der Waals surface area (Å²) in [6.07, 6.45) is 5.52. The van der Waals surface area contributed by atoms with E-state index < -0.39 is 5.76 Å². The number of amides is 1. The maximum Gasteiger partial charge on any atom is 0.420 e. The molecule has 0 unspecified atom stereocenters. The molecular formula is C15H16BrClN2O3. The van der Waals surface area contributed by atoms with Crippen LogP contribution in [-0.4, -0.2) is 16.5 Å². The molecule has 0 radical (unpaired) electrons. The summed E-state index contributed by atoms with van der Waals surface area (Å²) < 4.78 is 7.19. The standard InChI is InChI=1S/C15H16BrClN2O3/c16-9-6-11(17)14-12(7-9)19(15(21)22-14)8-13(20)18-10-4-2-1-3-5-10/h6-7,10H,1-5,8H2,(H,18,20). The lowest BCUT2D eigenvalue weighted by Crippen LogP contribution is -2.39. The average molecular weight is 388 g/mol. The number of oxazole rings is 1. The number of nitrogens with one attached hydrogen (secondary N) is 1. The van der Waals surface area contributed by atoms with Gasteiger partial charge in [-0.1, -0.05) is 46.8 Å². The molecule has 0 bridgehead atoms. The molecule has 1 aromatic carbocycles. The molecule has 1 fully saturated rings. The zero-order valence-corrected chi connectivity index (χ0v) is 14.2. The highest BCUT2D eigenvalue weighted by molar-refractivity contribution is 9.10. The van der Waals surface area contributed by atoms with Gasteiger partial charge in [-0.05, 0) is 25.0 Å². The van der Waals surface area contributed by atoms with Gasteiger partial charge in [-0.25, -0.2) is 4.79 Å². The van der Waals surface area contributed by atoms with Crippen molar-refractivity contribution in [1.29, 1.82) is 0 Å². The van der Waals surface area contributed by atoms with Gasteiger partial charge in [0.2, 0.25) is 5.91 Å². The zero-order chi connectivity index (χ0) is 15.7. The minimum atomic E-state index is -0.575. The molecule has 0 spiro atoms. The minimum Gasteiger partial charge on any atom is -0.406 e. The van der Waals surface area contributed by atoms with E-state index in [1.54, 1.807) is 12.1 Å². The molecule has 1 N–H and O–H groups in total. The van der Waals surface area contributed by atoms with E-state index in [-0.39, 0.29) is 18.5 Å². The van der Waals surface area contributed by atoms with E-state index in [4.69, 9.17) is 16.0 Å². The first-order chi connectivity index (χ1) is 10.5. The van der Waals surface area contributed by atoms with Gasteiger partial charge in [0.25, 0.3) is 0 Å². The molecule has 1 amide bonds. The third-order valence-corrected chi connectivity index (χ3v) is 4.70. The predicted molar refractivity (Wildman–Crippen MR) is 88.2 cm³/mol. The van der Waals surface area contributed by atoms with Crippen molar-refractivity contribution in [3.8, 4) is 0 Å². The first kappa shape index (κ1) is 15.6. The van der Waals surface area contributed by atoms with Crippen LogP contribution in [0.5, 0.6) is 0 Å². The van der Waals surface area contributed by atoms with Crippen LogP contribution in [0.4, 0.5) is 0 Å². The number of nitrogens with zero attached hydrogens (tertiary/aromatic N) is 1. The van der Waals surface area contributed by atoms with Crippen LogP contribution >= 0.6 is 27.5 Å². The Labute approximate surface area is 140 Å². The van der Waals surface area contributed by atoms with Gasteiger partial charge < -0.3 is 9.73 Å². The number of aromatic nitrogens is 1. The minimum absolute atomic E-state index is 0.0604. The van der Waals surface area contributed by atoms with E-state index in [2.05, 4.69) is 21.2 Å². The molecule has 7 heteroatoms. The van der Waals surface area contributed by atoms with Crippen molar-refractivity contribution in [3.63, 3.8) is 0 Å².